The fourth-order valence-corrected chi connectivity index (χ4v) is 3.51. The van der Waals surface area contributed by atoms with Crippen LogP contribution in [0.3, 0.4) is 0 Å². The molecular weight excluding hydrogens is 390 g/mol. The molecule has 0 bridgehead atoms. The van der Waals surface area contributed by atoms with Crippen LogP contribution in [0.2, 0.25) is 0 Å². The summed E-state index contributed by atoms with van der Waals surface area (Å²) in [4.78, 5) is 24.4. The lowest BCUT2D eigenvalue weighted by molar-refractivity contribution is 0.0697. The molecule has 3 rings (SSSR count). The minimum absolute atomic E-state index is 0.158. The van der Waals surface area contributed by atoms with E-state index in [0.29, 0.717) is 12.1 Å². The number of aromatic nitrogens is 3. The van der Waals surface area contributed by atoms with Gasteiger partial charge in [0, 0.05) is 6.42 Å². The van der Waals surface area contributed by atoms with Gasteiger partial charge in [-0.2, -0.15) is 5.10 Å². The number of carboxylic acid groups (broad SMARTS) is 1. The molecule has 0 aliphatic carbocycles. The van der Waals surface area contributed by atoms with Gasteiger partial charge >= 0.3 is 11.7 Å². The Morgan fingerprint density at radius 3 is 2.52 bits per heavy atom. The van der Waals surface area contributed by atoms with Crippen LogP contribution in [0.1, 0.15) is 54.9 Å². The number of unbranched alkanes of at least 4 members (excludes halogenated alkanes) is 2. The number of carboxylic acids is 1. The summed E-state index contributed by atoms with van der Waals surface area (Å²) in [6.45, 7) is 4.59. The van der Waals surface area contributed by atoms with Crippen LogP contribution < -0.4 is 5.69 Å². The Morgan fingerprint density at radius 2 is 1.84 bits per heavy atom. The summed E-state index contributed by atoms with van der Waals surface area (Å²) in [5.74, 6) is 5.54. The van der Waals surface area contributed by atoms with Gasteiger partial charge in [-0.05, 0) is 36.1 Å². The molecule has 0 amide bonds. The van der Waals surface area contributed by atoms with E-state index in [2.05, 4.69) is 23.9 Å². The Bertz CT molecular complexity index is 1160. The topological polar surface area (TPSA) is 77.1 Å². The first kappa shape index (κ1) is 22.1. The highest BCUT2D eigenvalue weighted by Crippen LogP contribution is 2.24. The zero-order valence-corrected chi connectivity index (χ0v) is 18.0. The third-order valence-corrected chi connectivity index (χ3v) is 5.17. The summed E-state index contributed by atoms with van der Waals surface area (Å²) < 4.78 is 3.14. The monoisotopic (exact) mass is 417 g/mol. The van der Waals surface area contributed by atoms with E-state index in [4.69, 9.17) is 0 Å². The highest BCUT2D eigenvalue weighted by molar-refractivity contribution is 5.95. The number of hydrogen-bond donors (Lipinski definition) is 1. The number of rotatable bonds is 9. The second-order valence-corrected chi connectivity index (χ2v) is 7.37. The Balaban J connectivity index is 1.88. The summed E-state index contributed by atoms with van der Waals surface area (Å²) in [5.41, 5.74) is 2.56. The average Bonchev–Trinajstić information content (AvgIpc) is 3.07. The van der Waals surface area contributed by atoms with Gasteiger partial charge in [0.2, 0.25) is 0 Å². The van der Waals surface area contributed by atoms with Gasteiger partial charge in [-0.25, -0.2) is 14.3 Å². The predicted molar refractivity (Wildman–Crippen MR) is 121 cm³/mol. The maximum Gasteiger partial charge on any atom is 0.347 e. The van der Waals surface area contributed by atoms with Crippen LogP contribution >= 0.6 is 0 Å². The molecule has 160 valence electrons. The maximum atomic E-state index is 12.9. The highest BCUT2D eigenvalue weighted by Gasteiger charge is 2.14. The van der Waals surface area contributed by atoms with Crippen molar-refractivity contribution in [3.8, 4) is 23.0 Å². The van der Waals surface area contributed by atoms with Crippen molar-refractivity contribution in [2.75, 3.05) is 0 Å². The number of benzene rings is 2. The lowest BCUT2D eigenvalue weighted by Gasteiger charge is -2.09. The third kappa shape index (κ3) is 5.32. The van der Waals surface area contributed by atoms with E-state index in [1.165, 1.54) is 4.68 Å². The first-order chi connectivity index (χ1) is 15.0. The number of nitrogens with zero attached hydrogens (tertiary/aromatic N) is 3. The van der Waals surface area contributed by atoms with Gasteiger partial charge in [0.15, 0.2) is 0 Å². The molecule has 1 heterocycles. The van der Waals surface area contributed by atoms with Crippen LogP contribution in [0.25, 0.3) is 11.1 Å². The fraction of sp³-hybridized carbons (Fsp3) is 0.320. The molecule has 0 saturated carbocycles. The number of carbonyl (C=O) groups is 1. The van der Waals surface area contributed by atoms with Crippen LogP contribution in [0, 0.1) is 11.8 Å². The standard InChI is InChI=1S/C25H27N3O3/c1-3-5-7-12-23-26-28(17-6-4-2)25(31)27(23)18-19-13-15-20(16-14-19)21-10-8-9-11-22(21)24(29)30/h8-11,13-16H,3,5,7,12,17-18H2,1-2H3,(H,29,30). The Morgan fingerprint density at radius 1 is 1.10 bits per heavy atom. The molecule has 1 aromatic heterocycles. The van der Waals surface area contributed by atoms with Crippen LogP contribution in [0.4, 0.5) is 0 Å². The van der Waals surface area contributed by atoms with Crippen molar-refractivity contribution in [2.45, 2.75) is 52.6 Å². The van der Waals surface area contributed by atoms with E-state index >= 15 is 0 Å². The quantitative estimate of drug-likeness (QED) is 0.418. The van der Waals surface area contributed by atoms with Crippen LogP contribution in [-0.2, 0) is 19.5 Å². The van der Waals surface area contributed by atoms with Gasteiger partial charge in [-0.15, -0.1) is 5.92 Å². The van der Waals surface area contributed by atoms with Gasteiger partial charge in [-0.3, -0.25) is 4.57 Å². The average molecular weight is 418 g/mol. The predicted octanol–water partition coefficient (Wildman–Crippen LogP) is 4.21. The Hall–Kier alpha value is -3.59. The molecule has 0 atom stereocenters. The van der Waals surface area contributed by atoms with Gasteiger partial charge in [0.25, 0.3) is 0 Å². The first-order valence-corrected chi connectivity index (χ1v) is 10.5. The molecule has 31 heavy (non-hydrogen) atoms. The molecule has 0 aliphatic heterocycles. The van der Waals surface area contributed by atoms with Gasteiger partial charge in [0.1, 0.15) is 12.4 Å². The lowest BCUT2D eigenvalue weighted by atomic mass is 9.99. The third-order valence-electron chi connectivity index (χ3n) is 5.17. The molecule has 3 aromatic rings. The maximum absolute atomic E-state index is 12.9. The highest BCUT2D eigenvalue weighted by atomic mass is 16.4. The van der Waals surface area contributed by atoms with Crippen molar-refractivity contribution >= 4 is 5.97 Å². The van der Waals surface area contributed by atoms with Crippen molar-refractivity contribution in [1.82, 2.24) is 14.3 Å². The van der Waals surface area contributed by atoms with E-state index in [0.717, 1.165) is 42.6 Å². The zero-order chi connectivity index (χ0) is 22.2. The van der Waals surface area contributed by atoms with Crippen LogP contribution in [0.15, 0.2) is 53.3 Å². The number of aromatic carboxylic acids is 1. The second-order valence-electron chi connectivity index (χ2n) is 7.37. The Labute approximate surface area is 182 Å². The molecule has 6 nitrogen and oxygen atoms in total. The van der Waals surface area contributed by atoms with Gasteiger partial charge < -0.3 is 5.11 Å². The van der Waals surface area contributed by atoms with Crippen LogP contribution in [-0.4, -0.2) is 25.4 Å². The van der Waals surface area contributed by atoms with E-state index in [9.17, 15) is 14.7 Å². The van der Waals surface area contributed by atoms with Gasteiger partial charge in [0.05, 0.1) is 12.1 Å². The largest absolute Gasteiger partial charge is 0.478 e. The molecule has 0 saturated heterocycles. The number of aryl methyl sites for hydroxylation is 1. The van der Waals surface area contributed by atoms with Crippen molar-refractivity contribution < 1.29 is 9.90 Å². The van der Waals surface area contributed by atoms with E-state index < -0.39 is 5.97 Å². The van der Waals surface area contributed by atoms with Crippen molar-refractivity contribution in [3.63, 3.8) is 0 Å². The van der Waals surface area contributed by atoms with Gasteiger partial charge in [-0.1, -0.05) is 68.2 Å². The number of hydrogen-bond acceptors (Lipinski definition) is 3. The van der Waals surface area contributed by atoms with Crippen molar-refractivity contribution in [3.05, 3.63) is 76.0 Å². The normalized spacial score (nSPS) is 10.5. The molecule has 1 N–H and O–H groups in total. The lowest BCUT2D eigenvalue weighted by Crippen LogP contribution is -2.25. The molecular formula is C25H27N3O3. The molecule has 0 spiro atoms. The van der Waals surface area contributed by atoms with Crippen LogP contribution in [0.5, 0.6) is 0 Å². The minimum atomic E-state index is -0.953. The molecule has 0 unspecified atom stereocenters. The SMILES string of the molecule is CC#CCn1nc(CCCCC)n(Cc2ccc(-c3ccccc3C(=O)O)cc2)c1=O. The smallest absolute Gasteiger partial charge is 0.347 e. The van der Waals surface area contributed by atoms with E-state index in [1.807, 2.05) is 30.3 Å². The van der Waals surface area contributed by atoms with E-state index in [-0.39, 0.29) is 17.8 Å². The fourth-order valence-electron chi connectivity index (χ4n) is 3.51. The molecule has 0 aliphatic rings. The Kier molecular flexibility index (Phi) is 7.45. The molecule has 6 heteroatoms. The zero-order valence-electron chi connectivity index (χ0n) is 18.0. The summed E-state index contributed by atoms with van der Waals surface area (Å²) in [7, 11) is 0. The summed E-state index contributed by atoms with van der Waals surface area (Å²) in [6.07, 6.45) is 3.93. The van der Waals surface area contributed by atoms with Crippen molar-refractivity contribution in [1.29, 1.82) is 0 Å². The second kappa shape index (κ2) is 10.4. The molecule has 0 radical (unpaired) electrons. The van der Waals surface area contributed by atoms with E-state index in [1.54, 1.807) is 29.7 Å². The first-order valence-electron chi connectivity index (χ1n) is 10.5. The summed E-state index contributed by atoms with van der Waals surface area (Å²) >= 11 is 0. The molecule has 2 aromatic carbocycles. The van der Waals surface area contributed by atoms with Crippen molar-refractivity contribution in [2.24, 2.45) is 0 Å². The minimum Gasteiger partial charge on any atom is -0.478 e. The molecule has 0 fully saturated rings. The summed E-state index contributed by atoms with van der Waals surface area (Å²) in [5, 5.41) is 13.9. The summed E-state index contributed by atoms with van der Waals surface area (Å²) in [6, 6.07) is 14.6.